The van der Waals surface area contributed by atoms with Crippen molar-refractivity contribution >= 4 is 0 Å². The Bertz CT molecular complexity index is 341. The van der Waals surface area contributed by atoms with Crippen LogP contribution in [0.3, 0.4) is 0 Å². The maximum Gasteiger partial charge on any atom is 0.124 e. The molecule has 1 N–H and O–H groups in total. The van der Waals surface area contributed by atoms with E-state index >= 15 is 0 Å². The van der Waals surface area contributed by atoms with E-state index < -0.39 is 0 Å². The van der Waals surface area contributed by atoms with Crippen molar-refractivity contribution < 1.29 is 9.47 Å². The molecule has 0 bridgehead atoms. The molecule has 1 rings (SSSR count). The first-order chi connectivity index (χ1) is 9.33. The largest absolute Gasteiger partial charge is 0.494 e. The molecule has 0 amide bonds. The zero-order chi connectivity index (χ0) is 13.9. The maximum absolute atomic E-state index is 5.76. The van der Waals surface area contributed by atoms with Crippen molar-refractivity contribution in [1.82, 2.24) is 5.32 Å². The Morgan fingerprint density at radius 3 is 2.63 bits per heavy atom. The molecule has 0 aliphatic carbocycles. The molecule has 3 heteroatoms. The Morgan fingerprint density at radius 2 is 1.95 bits per heavy atom. The number of para-hydroxylation sites is 1. The fraction of sp³-hybridized carbons (Fsp3) is 0.625. The van der Waals surface area contributed by atoms with Gasteiger partial charge in [-0.05, 0) is 26.0 Å². The highest BCUT2D eigenvalue weighted by Gasteiger charge is 2.15. The van der Waals surface area contributed by atoms with Crippen LogP contribution < -0.4 is 10.1 Å². The molecule has 0 aliphatic heterocycles. The van der Waals surface area contributed by atoms with Gasteiger partial charge in [-0.3, -0.25) is 0 Å². The van der Waals surface area contributed by atoms with Gasteiger partial charge in [0.2, 0.25) is 0 Å². The molecule has 0 aromatic heterocycles. The SMILES string of the molecule is CCCCOCC(NCC)c1ccccc1OCC. The lowest BCUT2D eigenvalue weighted by Gasteiger charge is -2.21. The summed E-state index contributed by atoms with van der Waals surface area (Å²) in [6.07, 6.45) is 2.29. The monoisotopic (exact) mass is 265 g/mol. The van der Waals surface area contributed by atoms with E-state index in [4.69, 9.17) is 9.47 Å². The van der Waals surface area contributed by atoms with Gasteiger partial charge in [0, 0.05) is 12.2 Å². The number of rotatable bonds is 10. The predicted molar refractivity (Wildman–Crippen MR) is 79.8 cm³/mol. The molecular weight excluding hydrogens is 238 g/mol. The first-order valence-electron chi connectivity index (χ1n) is 7.36. The summed E-state index contributed by atoms with van der Waals surface area (Å²) < 4.78 is 11.5. The van der Waals surface area contributed by atoms with Crippen molar-refractivity contribution in [2.24, 2.45) is 0 Å². The highest BCUT2D eigenvalue weighted by molar-refractivity contribution is 5.36. The van der Waals surface area contributed by atoms with Crippen LogP contribution in [0, 0.1) is 0 Å². The molecule has 0 saturated heterocycles. The van der Waals surface area contributed by atoms with Crippen molar-refractivity contribution in [2.45, 2.75) is 39.7 Å². The number of unbranched alkanes of at least 4 members (excludes halogenated alkanes) is 1. The van der Waals surface area contributed by atoms with Gasteiger partial charge in [-0.2, -0.15) is 0 Å². The lowest BCUT2D eigenvalue weighted by atomic mass is 10.1. The van der Waals surface area contributed by atoms with E-state index in [0.717, 1.165) is 25.3 Å². The standard InChI is InChI=1S/C16H27NO2/c1-4-7-12-18-13-15(17-5-2)14-10-8-9-11-16(14)19-6-3/h8-11,15,17H,4-7,12-13H2,1-3H3. The van der Waals surface area contributed by atoms with E-state index in [1.54, 1.807) is 0 Å². The minimum Gasteiger partial charge on any atom is -0.494 e. The van der Waals surface area contributed by atoms with Crippen molar-refractivity contribution in [3.05, 3.63) is 29.8 Å². The second kappa shape index (κ2) is 9.82. The number of benzene rings is 1. The number of hydrogen-bond acceptors (Lipinski definition) is 3. The molecule has 0 radical (unpaired) electrons. The summed E-state index contributed by atoms with van der Waals surface area (Å²) in [6, 6.07) is 8.39. The zero-order valence-corrected chi connectivity index (χ0v) is 12.4. The third-order valence-corrected chi connectivity index (χ3v) is 2.97. The normalized spacial score (nSPS) is 12.4. The Kier molecular flexibility index (Phi) is 8.26. The fourth-order valence-corrected chi connectivity index (χ4v) is 2.01. The minimum absolute atomic E-state index is 0.199. The molecular formula is C16H27NO2. The maximum atomic E-state index is 5.76. The first-order valence-corrected chi connectivity index (χ1v) is 7.36. The number of likely N-dealkylation sites (N-methyl/N-ethyl adjacent to an activating group) is 1. The van der Waals surface area contributed by atoms with Crippen LogP contribution in [0.1, 0.15) is 45.2 Å². The van der Waals surface area contributed by atoms with Crippen molar-refractivity contribution in [3.8, 4) is 5.75 Å². The summed E-state index contributed by atoms with van der Waals surface area (Å²) in [5.41, 5.74) is 1.18. The van der Waals surface area contributed by atoms with Gasteiger partial charge >= 0.3 is 0 Å². The minimum atomic E-state index is 0.199. The molecule has 3 nitrogen and oxygen atoms in total. The molecule has 108 valence electrons. The summed E-state index contributed by atoms with van der Waals surface area (Å²) in [6.45, 7) is 9.43. The quantitative estimate of drug-likeness (QED) is 0.656. The summed E-state index contributed by atoms with van der Waals surface area (Å²) >= 11 is 0. The highest BCUT2D eigenvalue weighted by atomic mass is 16.5. The van der Waals surface area contributed by atoms with Gasteiger partial charge in [-0.1, -0.05) is 38.5 Å². The molecule has 0 spiro atoms. The first kappa shape index (κ1) is 16.0. The lowest BCUT2D eigenvalue weighted by molar-refractivity contribution is 0.108. The molecule has 1 aromatic carbocycles. The second-order valence-corrected chi connectivity index (χ2v) is 4.51. The van der Waals surface area contributed by atoms with Crippen LogP contribution in [-0.4, -0.2) is 26.4 Å². The van der Waals surface area contributed by atoms with Crippen LogP contribution in [0.15, 0.2) is 24.3 Å². The number of nitrogens with one attached hydrogen (secondary N) is 1. The Hall–Kier alpha value is -1.06. The lowest BCUT2D eigenvalue weighted by Crippen LogP contribution is -2.26. The predicted octanol–water partition coefficient (Wildman–Crippen LogP) is 3.55. The average molecular weight is 265 g/mol. The Morgan fingerprint density at radius 1 is 1.16 bits per heavy atom. The third-order valence-electron chi connectivity index (χ3n) is 2.97. The van der Waals surface area contributed by atoms with Crippen molar-refractivity contribution in [3.63, 3.8) is 0 Å². The zero-order valence-electron chi connectivity index (χ0n) is 12.4. The van der Waals surface area contributed by atoms with Gasteiger partial charge in [-0.25, -0.2) is 0 Å². The topological polar surface area (TPSA) is 30.5 Å². The fourth-order valence-electron chi connectivity index (χ4n) is 2.01. The molecule has 19 heavy (non-hydrogen) atoms. The third kappa shape index (κ3) is 5.62. The van der Waals surface area contributed by atoms with E-state index in [0.29, 0.717) is 13.2 Å². The van der Waals surface area contributed by atoms with E-state index in [2.05, 4.69) is 25.2 Å². The van der Waals surface area contributed by atoms with E-state index in [9.17, 15) is 0 Å². The van der Waals surface area contributed by atoms with Crippen LogP contribution in [-0.2, 0) is 4.74 Å². The van der Waals surface area contributed by atoms with Crippen LogP contribution in [0.5, 0.6) is 5.75 Å². The number of hydrogen-bond donors (Lipinski definition) is 1. The molecule has 1 aromatic rings. The molecule has 0 fully saturated rings. The van der Waals surface area contributed by atoms with Crippen LogP contribution in [0.4, 0.5) is 0 Å². The van der Waals surface area contributed by atoms with Crippen molar-refractivity contribution in [2.75, 3.05) is 26.4 Å². The Balaban J connectivity index is 2.68. The van der Waals surface area contributed by atoms with Gasteiger partial charge < -0.3 is 14.8 Å². The molecule has 0 aliphatic rings. The molecule has 1 atom stereocenters. The van der Waals surface area contributed by atoms with Gasteiger partial charge in [0.25, 0.3) is 0 Å². The van der Waals surface area contributed by atoms with Gasteiger partial charge in [0.1, 0.15) is 5.75 Å². The molecule has 0 saturated carbocycles. The summed E-state index contributed by atoms with van der Waals surface area (Å²) in [5.74, 6) is 0.954. The summed E-state index contributed by atoms with van der Waals surface area (Å²) in [5, 5.41) is 3.47. The summed E-state index contributed by atoms with van der Waals surface area (Å²) in [7, 11) is 0. The van der Waals surface area contributed by atoms with Gasteiger partial charge in [-0.15, -0.1) is 0 Å². The van der Waals surface area contributed by atoms with Gasteiger partial charge in [0.15, 0.2) is 0 Å². The molecule has 1 unspecified atom stereocenters. The number of ether oxygens (including phenoxy) is 2. The average Bonchev–Trinajstić information content (AvgIpc) is 2.43. The van der Waals surface area contributed by atoms with Crippen molar-refractivity contribution in [1.29, 1.82) is 0 Å². The van der Waals surface area contributed by atoms with E-state index in [1.807, 2.05) is 25.1 Å². The highest BCUT2D eigenvalue weighted by Crippen LogP contribution is 2.25. The molecule has 0 heterocycles. The van der Waals surface area contributed by atoms with Crippen LogP contribution >= 0.6 is 0 Å². The van der Waals surface area contributed by atoms with Gasteiger partial charge in [0.05, 0.1) is 19.3 Å². The summed E-state index contributed by atoms with van der Waals surface area (Å²) in [4.78, 5) is 0. The van der Waals surface area contributed by atoms with E-state index in [-0.39, 0.29) is 6.04 Å². The van der Waals surface area contributed by atoms with E-state index in [1.165, 1.54) is 12.0 Å². The van der Waals surface area contributed by atoms with Crippen LogP contribution in [0.2, 0.25) is 0 Å². The van der Waals surface area contributed by atoms with Crippen LogP contribution in [0.25, 0.3) is 0 Å². The Labute approximate surface area is 117 Å². The smallest absolute Gasteiger partial charge is 0.124 e. The second-order valence-electron chi connectivity index (χ2n) is 4.51.